The first kappa shape index (κ1) is 23.0. The SMILES string of the molecule is Cn1c(=O)c2c(SCC(=O)N3CCCc4ccccc43)nc(-c3ccc(F)cc3)nc2n(C)c1=O. The van der Waals surface area contributed by atoms with E-state index in [4.69, 9.17) is 0 Å². The molecular formula is C25H22FN5O3S. The van der Waals surface area contributed by atoms with Gasteiger partial charge in [-0.1, -0.05) is 30.0 Å². The van der Waals surface area contributed by atoms with Gasteiger partial charge in [0.1, 0.15) is 16.2 Å². The summed E-state index contributed by atoms with van der Waals surface area (Å²) < 4.78 is 15.7. The summed E-state index contributed by atoms with van der Waals surface area (Å²) in [5.41, 5.74) is 1.66. The van der Waals surface area contributed by atoms with Crippen molar-refractivity contribution in [3.05, 3.63) is 80.7 Å². The lowest BCUT2D eigenvalue weighted by atomic mass is 10.0. The number of carbonyl (C=O) groups excluding carboxylic acids is 1. The van der Waals surface area contributed by atoms with Crippen molar-refractivity contribution in [2.75, 3.05) is 17.2 Å². The van der Waals surface area contributed by atoms with E-state index in [0.29, 0.717) is 17.1 Å². The summed E-state index contributed by atoms with van der Waals surface area (Å²) in [6, 6.07) is 13.5. The van der Waals surface area contributed by atoms with Crippen molar-refractivity contribution in [2.24, 2.45) is 14.1 Å². The zero-order valence-corrected chi connectivity index (χ0v) is 20.0. The molecule has 1 amide bonds. The van der Waals surface area contributed by atoms with Crippen molar-refractivity contribution >= 4 is 34.4 Å². The Morgan fingerprint density at radius 1 is 1.03 bits per heavy atom. The summed E-state index contributed by atoms with van der Waals surface area (Å²) in [5.74, 6) is -0.217. The van der Waals surface area contributed by atoms with E-state index in [1.165, 1.54) is 42.9 Å². The van der Waals surface area contributed by atoms with E-state index in [1.807, 2.05) is 24.3 Å². The lowest BCUT2D eigenvalue weighted by molar-refractivity contribution is -0.116. The number of hydrogen-bond donors (Lipinski definition) is 0. The van der Waals surface area contributed by atoms with E-state index < -0.39 is 17.1 Å². The zero-order chi connectivity index (χ0) is 24.7. The standard InChI is InChI=1S/C25H22FN5O3S/c1-29-22-20(24(33)30(2)25(29)34)23(28-21(27-22)16-9-11-17(26)12-10-16)35-14-19(32)31-13-5-7-15-6-3-4-8-18(15)31/h3-4,6,8-12H,5,7,13-14H2,1-2H3. The van der Waals surface area contributed by atoms with Crippen molar-refractivity contribution in [1.29, 1.82) is 0 Å². The molecule has 0 saturated carbocycles. The van der Waals surface area contributed by atoms with E-state index in [0.717, 1.165) is 40.4 Å². The van der Waals surface area contributed by atoms with Crippen LogP contribution >= 0.6 is 11.8 Å². The Kier molecular flexibility index (Phi) is 5.98. The van der Waals surface area contributed by atoms with Crippen molar-refractivity contribution in [3.8, 4) is 11.4 Å². The summed E-state index contributed by atoms with van der Waals surface area (Å²) in [4.78, 5) is 49.6. The third-order valence-corrected chi connectivity index (χ3v) is 7.07. The molecule has 10 heteroatoms. The van der Waals surface area contributed by atoms with Gasteiger partial charge in [0, 0.05) is 31.9 Å². The number of hydrogen-bond acceptors (Lipinski definition) is 6. The highest BCUT2D eigenvalue weighted by molar-refractivity contribution is 8.00. The van der Waals surface area contributed by atoms with E-state index in [-0.39, 0.29) is 28.5 Å². The Morgan fingerprint density at radius 3 is 2.54 bits per heavy atom. The molecule has 0 aliphatic carbocycles. The summed E-state index contributed by atoms with van der Waals surface area (Å²) in [7, 11) is 2.91. The molecule has 178 valence electrons. The molecule has 0 N–H and O–H groups in total. The van der Waals surface area contributed by atoms with Gasteiger partial charge in [0.05, 0.1) is 5.75 Å². The van der Waals surface area contributed by atoms with E-state index in [1.54, 1.807) is 4.90 Å². The number of anilines is 1. The molecule has 35 heavy (non-hydrogen) atoms. The fourth-order valence-electron chi connectivity index (χ4n) is 4.26. The van der Waals surface area contributed by atoms with Gasteiger partial charge < -0.3 is 4.90 Å². The molecule has 4 aromatic rings. The van der Waals surface area contributed by atoms with Crippen LogP contribution in [0.4, 0.5) is 10.1 Å². The number of halogens is 1. The minimum absolute atomic E-state index is 0.0509. The number of rotatable bonds is 4. The zero-order valence-electron chi connectivity index (χ0n) is 19.2. The molecule has 0 spiro atoms. The summed E-state index contributed by atoms with van der Waals surface area (Å²) >= 11 is 1.13. The molecule has 0 radical (unpaired) electrons. The van der Waals surface area contributed by atoms with Crippen LogP contribution in [0.1, 0.15) is 12.0 Å². The second-order valence-electron chi connectivity index (χ2n) is 8.33. The van der Waals surface area contributed by atoms with Crippen LogP contribution in [0.25, 0.3) is 22.4 Å². The third kappa shape index (κ3) is 4.14. The summed E-state index contributed by atoms with van der Waals surface area (Å²) in [5, 5.41) is 0.460. The molecule has 1 aliphatic rings. The minimum atomic E-state index is -0.535. The molecule has 1 aliphatic heterocycles. The molecule has 0 saturated heterocycles. The van der Waals surface area contributed by atoms with Gasteiger partial charge in [-0.05, 0) is 48.7 Å². The van der Waals surface area contributed by atoms with Gasteiger partial charge in [-0.25, -0.2) is 19.2 Å². The first-order chi connectivity index (χ1) is 16.8. The monoisotopic (exact) mass is 491 g/mol. The predicted octanol–water partition coefficient (Wildman–Crippen LogP) is 2.90. The van der Waals surface area contributed by atoms with Crippen LogP contribution in [0.5, 0.6) is 0 Å². The fourth-order valence-corrected chi connectivity index (χ4v) is 5.15. The highest BCUT2D eigenvalue weighted by Crippen LogP contribution is 2.30. The van der Waals surface area contributed by atoms with Crippen LogP contribution in [0.15, 0.2) is 63.1 Å². The van der Waals surface area contributed by atoms with Gasteiger partial charge in [-0.2, -0.15) is 0 Å². The van der Waals surface area contributed by atoms with Crippen LogP contribution in [0.2, 0.25) is 0 Å². The number of nitrogens with zero attached hydrogens (tertiary/aromatic N) is 5. The smallest absolute Gasteiger partial charge is 0.311 e. The van der Waals surface area contributed by atoms with E-state index in [9.17, 15) is 18.8 Å². The maximum atomic E-state index is 13.5. The predicted molar refractivity (Wildman–Crippen MR) is 133 cm³/mol. The Balaban J connectivity index is 1.57. The average Bonchev–Trinajstić information content (AvgIpc) is 2.88. The largest absolute Gasteiger partial charge is 0.332 e. The highest BCUT2D eigenvalue weighted by Gasteiger charge is 2.24. The topological polar surface area (TPSA) is 90.1 Å². The maximum absolute atomic E-state index is 13.5. The molecule has 0 fully saturated rings. The van der Waals surface area contributed by atoms with E-state index >= 15 is 0 Å². The molecule has 0 atom stereocenters. The van der Waals surface area contributed by atoms with Crippen LogP contribution in [-0.2, 0) is 25.3 Å². The van der Waals surface area contributed by atoms with Gasteiger partial charge in [-0.15, -0.1) is 0 Å². The van der Waals surface area contributed by atoms with Gasteiger partial charge in [-0.3, -0.25) is 18.7 Å². The van der Waals surface area contributed by atoms with Crippen LogP contribution in [0, 0.1) is 5.82 Å². The second-order valence-corrected chi connectivity index (χ2v) is 9.29. The van der Waals surface area contributed by atoms with Crippen LogP contribution in [-0.4, -0.2) is 37.3 Å². The Bertz CT molecular complexity index is 1580. The lowest BCUT2D eigenvalue weighted by Gasteiger charge is -2.29. The quantitative estimate of drug-likeness (QED) is 0.322. The lowest BCUT2D eigenvalue weighted by Crippen LogP contribution is -2.38. The molecule has 2 aromatic heterocycles. The average molecular weight is 492 g/mol. The number of carbonyl (C=O) groups is 1. The van der Waals surface area contributed by atoms with Crippen LogP contribution < -0.4 is 16.1 Å². The normalized spacial score (nSPS) is 13.2. The summed E-state index contributed by atoms with van der Waals surface area (Å²) in [6.07, 6.45) is 1.80. The van der Waals surface area contributed by atoms with Gasteiger partial charge in [0.15, 0.2) is 11.5 Å². The van der Waals surface area contributed by atoms with Crippen molar-refractivity contribution in [3.63, 3.8) is 0 Å². The minimum Gasteiger partial charge on any atom is -0.311 e. The molecule has 2 aromatic carbocycles. The van der Waals surface area contributed by atoms with Crippen molar-refractivity contribution in [2.45, 2.75) is 17.9 Å². The van der Waals surface area contributed by atoms with Crippen LogP contribution in [0.3, 0.4) is 0 Å². The molecule has 3 heterocycles. The number of para-hydroxylation sites is 1. The molecule has 5 rings (SSSR count). The Hall–Kier alpha value is -3.79. The third-order valence-electron chi connectivity index (χ3n) is 6.11. The maximum Gasteiger partial charge on any atom is 0.332 e. The number of aromatic nitrogens is 4. The van der Waals surface area contributed by atoms with Crippen molar-refractivity contribution < 1.29 is 9.18 Å². The Morgan fingerprint density at radius 2 is 1.77 bits per heavy atom. The second kappa shape index (κ2) is 9.10. The van der Waals surface area contributed by atoms with E-state index in [2.05, 4.69) is 9.97 Å². The molecular weight excluding hydrogens is 469 g/mol. The van der Waals surface area contributed by atoms with Gasteiger partial charge in [0.25, 0.3) is 5.56 Å². The molecule has 0 bridgehead atoms. The number of amides is 1. The molecule has 8 nitrogen and oxygen atoms in total. The summed E-state index contributed by atoms with van der Waals surface area (Å²) in [6.45, 7) is 0.623. The molecule has 0 unspecified atom stereocenters. The first-order valence-electron chi connectivity index (χ1n) is 11.1. The Labute approximate surface area is 204 Å². The van der Waals surface area contributed by atoms with Gasteiger partial charge >= 0.3 is 5.69 Å². The van der Waals surface area contributed by atoms with Gasteiger partial charge in [0.2, 0.25) is 5.91 Å². The number of benzene rings is 2. The number of fused-ring (bicyclic) bond motifs is 2. The highest BCUT2D eigenvalue weighted by atomic mass is 32.2. The van der Waals surface area contributed by atoms with Crippen molar-refractivity contribution in [1.82, 2.24) is 19.1 Å². The fraction of sp³-hybridized carbons (Fsp3) is 0.240. The number of aryl methyl sites for hydroxylation is 2. The first-order valence-corrected chi connectivity index (χ1v) is 12.1. The number of thioether (sulfide) groups is 1.